The Kier molecular flexibility index (Phi) is 5.49. The normalized spacial score (nSPS) is 39.8. The highest BCUT2D eigenvalue weighted by Crippen LogP contribution is 2.57. The van der Waals surface area contributed by atoms with Crippen molar-refractivity contribution < 1.29 is 19.1 Å². The molecule has 6 heteroatoms. The molecule has 8 aliphatic rings. The second-order valence-corrected chi connectivity index (χ2v) is 14.0. The lowest BCUT2D eigenvalue weighted by atomic mass is 9.73. The van der Waals surface area contributed by atoms with Gasteiger partial charge in [0, 0.05) is 48.2 Å². The number of nitrogens with zero attached hydrogens (tertiary/aromatic N) is 2. The van der Waals surface area contributed by atoms with Crippen LogP contribution >= 0.6 is 0 Å². The molecule has 6 aliphatic heterocycles. The molecule has 0 radical (unpaired) electrons. The zero-order valence-corrected chi connectivity index (χ0v) is 24.5. The molecule has 4 bridgehead atoms. The topological polar surface area (TPSA) is 59.1 Å². The lowest BCUT2D eigenvalue weighted by Gasteiger charge is -2.41. The van der Waals surface area contributed by atoms with Gasteiger partial charge in [-0.25, -0.2) is 9.59 Å². The number of esters is 2. The van der Waals surface area contributed by atoms with Crippen molar-refractivity contribution in [3.05, 3.63) is 76.4 Å². The van der Waals surface area contributed by atoms with Crippen LogP contribution in [0.1, 0.15) is 88.2 Å². The number of piperidine rings is 2. The number of carbonyl (C=O) groups is 2. The van der Waals surface area contributed by atoms with Crippen molar-refractivity contribution in [1.29, 1.82) is 0 Å². The highest BCUT2D eigenvalue weighted by atomic mass is 16.6. The standard InChI is InChI=1S/C36H40N2O4/c1-2-3-6-25-15-26-20-35(29(25)18-33(39)41-35)32-16-24(12-14-38(26)32)22-8-10-23(11-9-22)28-17-27-21-36(30(28)19-34(40)42-36)31-7-4-5-13-37(27)31/h8-11,15,17-19,24,26-27,31-32H,2-7,12-14,16,20-21H2,1H3. The average molecular weight is 565 g/mol. The van der Waals surface area contributed by atoms with Gasteiger partial charge in [-0.3, -0.25) is 9.80 Å². The Morgan fingerprint density at radius 2 is 1.55 bits per heavy atom. The molecule has 7 unspecified atom stereocenters. The Morgan fingerprint density at radius 3 is 2.33 bits per heavy atom. The predicted octanol–water partition coefficient (Wildman–Crippen LogP) is 5.60. The van der Waals surface area contributed by atoms with Gasteiger partial charge in [0.05, 0.1) is 12.1 Å². The van der Waals surface area contributed by atoms with Crippen LogP contribution in [0.5, 0.6) is 0 Å². The van der Waals surface area contributed by atoms with E-state index in [0.29, 0.717) is 24.0 Å². The summed E-state index contributed by atoms with van der Waals surface area (Å²) in [4.78, 5) is 30.6. The summed E-state index contributed by atoms with van der Waals surface area (Å²) >= 11 is 0. The molecular formula is C36H40N2O4. The van der Waals surface area contributed by atoms with Gasteiger partial charge < -0.3 is 9.47 Å². The van der Waals surface area contributed by atoms with Gasteiger partial charge in [0.2, 0.25) is 0 Å². The van der Waals surface area contributed by atoms with E-state index in [2.05, 4.69) is 53.1 Å². The summed E-state index contributed by atoms with van der Waals surface area (Å²) in [7, 11) is 0. The molecule has 9 rings (SSSR count). The quantitative estimate of drug-likeness (QED) is 0.434. The number of hydrogen-bond acceptors (Lipinski definition) is 6. The predicted molar refractivity (Wildman–Crippen MR) is 159 cm³/mol. The molecule has 0 N–H and O–H groups in total. The highest BCUT2D eigenvalue weighted by molar-refractivity contribution is 5.97. The molecule has 1 aromatic rings. The lowest BCUT2D eigenvalue weighted by Crippen LogP contribution is -2.50. The molecule has 6 heterocycles. The summed E-state index contributed by atoms with van der Waals surface area (Å²) in [6.45, 7) is 4.35. The second kappa shape index (κ2) is 9.03. The van der Waals surface area contributed by atoms with Crippen LogP contribution < -0.4 is 0 Å². The number of benzene rings is 1. The van der Waals surface area contributed by atoms with Gasteiger partial charge in [-0.05, 0) is 79.8 Å². The van der Waals surface area contributed by atoms with E-state index in [1.807, 2.05) is 0 Å². The Hall–Kier alpha value is -2.96. The summed E-state index contributed by atoms with van der Waals surface area (Å²) in [6, 6.07) is 10.4. The SMILES string of the molecule is CCCCC1=CC2CC3(OC(=O)C=C13)C1CC(c3ccc(C4=CC5CC6(OC(=O)C=C46)C4CCCCN54)cc3)CCN21. The largest absolute Gasteiger partial charge is 0.449 e. The molecule has 1 aromatic carbocycles. The van der Waals surface area contributed by atoms with Gasteiger partial charge in [-0.2, -0.15) is 0 Å². The van der Waals surface area contributed by atoms with Crippen LogP contribution in [-0.2, 0) is 19.1 Å². The first-order valence-corrected chi connectivity index (χ1v) is 16.4. The number of unbranched alkanes of at least 4 members (excludes halogenated alkanes) is 1. The van der Waals surface area contributed by atoms with E-state index in [9.17, 15) is 9.59 Å². The van der Waals surface area contributed by atoms with Crippen LogP contribution in [0.25, 0.3) is 5.57 Å². The minimum Gasteiger partial charge on any atom is -0.449 e. The maximum Gasteiger partial charge on any atom is 0.332 e. The van der Waals surface area contributed by atoms with E-state index >= 15 is 0 Å². The Morgan fingerprint density at radius 1 is 0.833 bits per heavy atom. The molecule has 4 saturated heterocycles. The van der Waals surface area contributed by atoms with Crippen LogP contribution in [0.2, 0.25) is 0 Å². The maximum atomic E-state index is 12.7. The summed E-state index contributed by atoms with van der Waals surface area (Å²) in [6.07, 6.45) is 19.2. The summed E-state index contributed by atoms with van der Waals surface area (Å²) in [5.41, 5.74) is 6.43. The molecular weight excluding hydrogens is 524 g/mol. The third-order valence-electron chi connectivity index (χ3n) is 12.0. The molecule has 42 heavy (non-hydrogen) atoms. The van der Waals surface area contributed by atoms with Crippen LogP contribution in [0.3, 0.4) is 0 Å². The second-order valence-electron chi connectivity index (χ2n) is 14.0. The molecule has 2 aliphatic carbocycles. The summed E-state index contributed by atoms with van der Waals surface area (Å²) < 4.78 is 12.4. The van der Waals surface area contributed by atoms with Crippen molar-refractivity contribution >= 4 is 17.5 Å². The fraction of sp³-hybridized carbons (Fsp3) is 0.556. The zero-order valence-electron chi connectivity index (χ0n) is 24.5. The fourth-order valence-corrected chi connectivity index (χ4v) is 10.3. The Balaban J connectivity index is 0.992. The number of ether oxygens (including phenoxy) is 2. The number of hydrogen-bond donors (Lipinski definition) is 0. The first-order valence-electron chi connectivity index (χ1n) is 16.4. The van der Waals surface area contributed by atoms with Gasteiger partial charge in [-0.1, -0.05) is 56.2 Å². The third-order valence-corrected chi connectivity index (χ3v) is 12.0. The van der Waals surface area contributed by atoms with Gasteiger partial charge in [-0.15, -0.1) is 0 Å². The summed E-state index contributed by atoms with van der Waals surface area (Å²) in [5, 5.41) is 0. The smallest absolute Gasteiger partial charge is 0.332 e. The van der Waals surface area contributed by atoms with Crippen molar-refractivity contribution in [2.24, 2.45) is 0 Å². The molecule has 2 spiro atoms. The van der Waals surface area contributed by atoms with Gasteiger partial charge >= 0.3 is 11.9 Å². The molecule has 0 saturated carbocycles. The van der Waals surface area contributed by atoms with Crippen molar-refractivity contribution in [1.82, 2.24) is 9.80 Å². The monoisotopic (exact) mass is 564 g/mol. The van der Waals surface area contributed by atoms with Crippen molar-refractivity contribution in [2.45, 2.75) is 112 Å². The first kappa shape index (κ1) is 25.5. The van der Waals surface area contributed by atoms with Crippen LogP contribution in [0.4, 0.5) is 0 Å². The van der Waals surface area contributed by atoms with Crippen molar-refractivity contribution in [2.75, 3.05) is 13.1 Å². The van der Waals surface area contributed by atoms with Crippen molar-refractivity contribution in [3.8, 4) is 0 Å². The Labute approximate surface area is 248 Å². The van der Waals surface area contributed by atoms with E-state index in [-0.39, 0.29) is 18.0 Å². The first-order chi connectivity index (χ1) is 20.5. The van der Waals surface area contributed by atoms with E-state index < -0.39 is 11.2 Å². The van der Waals surface area contributed by atoms with Crippen LogP contribution in [0.15, 0.2) is 65.3 Å². The zero-order chi connectivity index (χ0) is 28.2. The number of carbonyl (C=O) groups excluding carboxylic acids is 2. The van der Waals surface area contributed by atoms with Crippen LogP contribution in [-0.4, -0.2) is 70.2 Å². The third kappa shape index (κ3) is 3.40. The fourth-order valence-electron chi connectivity index (χ4n) is 10.3. The molecule has 4 fully saturated rings. The van der Waals surface area contributed by atoms with Crippen molar-refractivity contribution in [3.63, 3.8) is 0 Å². The molecule has 0 amide bonds. The number of fused-ring (bicyclic) bond motifs is 6. The summed E-state index contributed by atoms with van der Waals surface area (Å²) in [5.74, 6) is 0.0942. The Bertz CT molecular complexity index is 1500. The molecule has 7 atom stereocenters. The van der Waals surface area contributed by atoms with E-state index in [4.69, 9.17) is 9.47 Å². The number of rotatable bonds is 5. The lowest BCUT2D eigenvalue weighted by molar-refractivity contribution is -0.149. The van der Waals surface area contributed by atoms with Gasteiger partial charge in [0.15, 0.2) is 11.2 Å². The van der Waals surface area contributed by atoms with Crippen LogP contribution in [0, 0.1) is 0 Å². The van der Waals surface area contributed by atoms with Gasteiger partial charge in [0.1, 0.15) is 0 Å². The van der Waals surface area contributed by atoms with E-state index in [0.717, 1.165) is 70.0 Å². The average Bonchev–Trinajstić information content (AvgIpc) is 3.70. The highest BCUT2D eigenvalue weighted by Gasteiger charge is 2.63. The molecule has 218 valence electrons. The van der Waals surface area contributed by atoms with E-state index in [1.54, 1.807) is 12.2 Å². The molecule has 0 aromatic heterocycles. The maximum absolute atomic E-state index is 12.7. The van der Waals surface area contributed by atoms with Gasteiger partial charge in [0.25, 0.3) is 0 Å². The molecule has 6 nitrogen and oxygen atoms in total. The minimum atomic E-state index is -0.467. The minimum absolute atomic E-state index is 0.159. The van der Waals surface area contributed by atoms with E-state index in [1.165, 1.54) is 40.7 Å².